The van der Waals surface area contributed by atoms with E-state index >= 15 is 0 Å². The molecule has 0 aromatic heterocycles. The van der Waals surface area contributed by atoms with Gasteiger partial charge in [-0.25, -0.2) is 0 Å². The molecule has 2 aromatic rings. The highest BCUT2D eigenvalue weighted by Gasteiger charge is 2.34. The predicted molar refractivity (Wildman–Crippen MR) is 100 cm³/mol. The summed E-state index contributed by atoms with van der Waals surface area (Å²) in [4.78, 5) is 22.6. The normalized spacial score (nSPS) is 17.3. The Labute approximate surface area is 163 Å². The number of hydrogen-bond donors (Lipinski definition) is 0. The Bertz CT molecular complexity index is 919. The molecule has 2 atom stereocenters. The van der Waals surface area contributed by atoms with Crippen LogP contribution in [0.3, 0.4) is 0 Å². The summed E-state index contributed by atoms with van der Waals surface area (Å²) in [5, 5.41) is 0. The van der Waals surface area contributed by atoms with Crippen LogP contribution in [0.5, 0.6) is 28.7 Å². The average molecular weight is 386 g/mol. The number of hydrogen-bond acceptors (Lipinski definition) is 7. The fourth-order valence-corrected chi connectivity index (χ4v) is 3.27. The summed E-state index contributed by atoms with van der Waals surface area (Å²) < 4.78 is 27.2. The third-order valence-corrected chi connectivity index (χ3v) is 4.52. The van der Waals surface area contributed by atoms with Crippen molar-refractivity contribution in [3.63, 3.8) is 0 Å². The summed E-state index contributed by atoms with van der Waals surface area (Å²) in [6, 6.07) is 8.78. The van der Waals surface area contributed by atoms with Crippen molar-refractivity contribution in [1.82, 2.24) is 0 Å². The van der Waals surface area contributed by atoms with Gasteiger partial charge in [-0.3, -0.25) is 9.59 Å². The van der Waals surface area contributed by atoms with Gasteiger partial charge < -0.3 is 23.7 Å². The molecular formula is C21H22O7. The van der Waals surface area contributed by atoms with Gasteiger partial charge in [0.2, 0.25) is 0 Å². The second-order valence-electron chi connectivity index (χ2n) is 6.47. The summed E-state index contributed by atoms with van der Waals surface area (Å²) in [6.45, 7) is 4.69. The monoisotopic (exact) mass is 386 g/mol. The van der Waals surface area contributed by atoms with E-state index in [4.69, 9.17) is 23.7 Å². The lowest BCUT2D eigenvalue weighted by Gasteiger charge is -2.18. The molecule has 148 valence electrons. The fourth-order valence-electron chi connectivity index (χ4n) is 3.27. The first kappa shape index (κ1) is 19.5. The van der Waals surface area contributed by atoms with Crippen LogP contribution in [0, 0.1) is 0 Å². The van der Waals surface area contributed by atoms with Crippen LogP contribution in [0.4, 0.5) is 0 Å². The van der Waals surface area contributed by atoms with Gasteiger partial charge in [-0.2, -0.15) is 0 Å². The molecule has 0 saturated carbocycles. The Morgan fingerprint density at radius 3 is 2.07 bits per heavy atom. The van der Waals surface area contributed by atoms with Crippen molar-refractivity contribution in [2.24, 2.45) is 0 Å². The van der Waals surface area contributed by atoms with E-state index in [9.17, 15) is 9.59 Å². The van der Waals surface area contributed by atoms with Crippen LogP contribution in [0.2, 0.25) is 0 Å². The summed E-state index contributed by atoms with van der Waals surface area (Å²) in [6.07, 6.45) is -0.285. The molecule has 7 nitrogen and oxygen atoms in total. The third-order valence-electron chi connectivity index (χ3n) is 4.52. The maximum atomic E-state index is 11.4. The Hall–Kier alpha value is -3.22. The van der Waals surface area contributed by atoms with Crippen LogP contribution in [0.25, 0.3) is 0 Å². The lowest BCUT2D eigenvalue weighted by Crippen LogP contribution is -2.09. The van der Waals surface area contributed by atoms with Gasteiger partial charge in [-0.15, -0.1) is 0 Å². The Morgan fingerprint density at radius 1 is 0.857 bits per heavy atom. The van der Waals surface area contributed by atoms with E-state index in [2.05, 4.69) is 0 Å². The van der Waals surface area contributed by atoms with Crippen molar-refractivity contribution in [2.45, 2.75) is 32.8 Å². The van der Waals surface area contributed by atoms with E-state index in [0.717, 1.165) is 11.1 Å². The molecule has 2 unspecified atom stereocenters. The molecule has 0 radical (unpaired) electrons. The van der Waals surface area contributed by atoms with Gasteiger partial charge in [-0.05, 0) is 23.8 Å². The zero-order chi connectivity index (χ0) is 20.4. The standard InChI is InChI=1S/C21H22O7/c1-11-15-9-20(27-13(3)23)19(25-5)10-17(15)28-21(11)14-6-7-16(26-12(2)22)18(8-14)24-4/h6-11,21H,1-5H3. The molecule has 0 bridgehead atoms. The Balaban J connectivity index is 1.94. The number of carbonyl (C=O) groups excluding carboxylic acids is 2. The molecule has 0 aliphatic carbocycles. The van der Waals surface area contributed by atoms with Crippen molar-refractivity contribution < 1.29 is 33.3 Å². The van der Waals surface area contributed by atoms with Crippen molar-refractivity contribution in [3.05, 3.63) is 41.5 Å². The summed E-state index contributed by atoms with van der Waals surface area (Å²) in [5.41, 5.74) is 1.77. The molecule has 0 saturated heterocycles. The summed E-state index contributed by atoms with van der Waals surface area (Å²) in [5.74, 6) is 1.37. The average Bonchev–Trinajstić information content (AvgIpc) is 2.96. The quantitative estimate of drug-likeness (QED) is 0.571. The first-order valence-corrected chi connectivity index (χ1v) is 8.77. The lowest BCUT2D eigenvalue weighted by atomic mass is 9.92. The smallest absolute Gasteiger partial charge is 0.308 e. The minimum Gasteiger partial charge on any atom is -0.493 e. The van der Waals surface area contributed by atoms with Crippen molar-refractivity contribution in [1.29, 1.82) is 0 Å². The van der Waals surface area contributed by atoms with E-state index in [1.54, 1.807) is 24.3 Å². The van der Waals surface area contributed by atoms with Gasteiger partial charge >= 0.3 is 11.9 Å². The lowest BCUT2D eigenvalue weighted by molar-refractivity contribution is -0.132. The molecule has 1 aliphatic rings. The molecule has 0 amide bonds. The van der Waals surface area contributed by atoms with Crippen LogP contribution < -0.4 is 23.7 Å². The first-order chi connectivity index (χ1) is 13.3. The van der Waals surface area contributed by atoms with Gasteiger partial charge in [0.05, 0.1) is 14.2 Å². The molecule has 28 heavy (non-hydrogen) atoms. The van der Waals surface area contributed by atoms with Crippen molar-refractivity contribution >= 4 is 11.9 Å². The summed E-state index contributed by atoms with van der Waals surface area (Å²) >= 11 is 0. The molecule has 0 spiro atoms. The zero-order valence-corrected chi connectivity index (χ0v) is 16.4. The third kappa shape index (κ3) is 3.74. The second kappa shape index (κ2) is 7.80. The van der Waals surface area contributed by atoms with Crippen LogP contribution in [0.15, 0.2) is 30.3 Å². The minimum absolute atomic E-state index is 0.0144. The van der Waals surface area contributed by atoms with Gasteiger partial charge in [-0.1, -0.05) is 13.0 Å². The van der Waals surface area contributed by atoms with E-state index in [1.807, 2.05) is 13.0 Å². The number of fused-ring (bicyclic) bond motifs is 1. The van der Waals surface area contributed by atoms with E-state index in [1.165, 1.54) is 28.1 Å². The number of benzene rings is 2. The number of methoxy groups -OCH3 is 2. The van der Waals surface area contributed by atoms with Crippen LogP contribution in [-0.2, 0) is 9.59 Å². The Morgan fingerprint density at radius 2 is 1.46 bits per heavy atom. The van der Waals surface area contributed by atoms with Gasteiger partial charge in [0.25, 0.3) is 0 Å². The molecule has 1 heterocycles. The second-order valence-corrected chi connectivity index (χ2v) is 6.47. The maximum absolute atomic E-state index is 11.4. The summed E-state index contributed by atoms with van der Waals surface area (Å²) in [7, 11) is 3.01. The molecule has 2 aromatic carbocycles. The molecule has 1 aliphatic heterocycles. The molecular weight excluding hydrogens is 364 g/mol. The van der Waals surface area contributed by atoms with E-state index < -0.39 is 11.9 Å². The number of carbonyl (C=O) groups is 2. The van der Waals surface area contributed by atoms with E-state index in [0.29, 0.717) is 28.7 Å². The molecule has 3 rings (SSSR count). The van der Waals surface area contributed by atoms with Crippen molar-refractivity contribution in [2.75, 3.05) is 14.2 Å². The predicted octanol–water partition coefficient (Wildman–Crippen LogP) is 3.79. The number of esters is 2. The van der Waals surface area contributed by atoms with E-state index in [-0.39, 0.29) is 12.0 Å². The first-order valence-electron chi connectivity index (χ1n) is 8.77. The van der Waals surface area contributed by atoms with Gasteiger partial charge in [0.1, 0.15) is 11.9 Å². The molecule has 7 heteroatoms. The van der Waals surface area contributed by atoms with Crippen molar-refractivity contribution in [3.8, 4) is 28.7 Å². The van der Waals surface area contributed by atoms with Crippen LogP contribution in [0.1, 0.15) is 43.9 Å². The highest BCUT2D eigenvalue weighted by Crippen LogP contribution is 2.50. The van der Waals surface area contributed by atoms with Gasteiger partial charge in [0.15, 0.2) is 23.0 Å². The number of rotatable bonds is 5. The van der Waals surface area contributed by atoms with Gasteiger partial charge in [0, 0.05) is 31.4 Å². The largest absolute Gasteiger partial charge is 0.493 e. The highest BCUT2D eigenvalue weighted by atomic mass is 16.6. The maximum Gasteiger partial charge on any atom is 0.308 e. The zero-order valence-electron chi connectivity index (χ0n) is 16.4. The SMILES string of the molecule is COc1cc(C2Oc3cc(OC)c(OC(C)=O)cc3C2C)ccc1OC(C)=O. The molecule has 0 fully saturated rings. The Kier molecular flexibility index (Phi) is 5.44. The topological polar surface area (TPSA) is 80.3 Å². The highest BCUT2D eigenvalue weighted by molar-refractivity contribution is 5.71. The minimum atomic E-state index is -0.424. The fraction of sp³-hybridized carbons (Fsp3) is 0.333. The van der Waals surface area contributed by atoms with Crippen LogP contribution >= 0.6 is 0 Å². The molecule has 0 N–H and O–H groups in total. The van der Waals surface area contributed by atoms with Crippen LogP contribution in [-0.4, -0.2) is 26.2 Å². The number of ether oxygens (including phenoxy) is 5.